The van der Waals surface area contributed by atoms with Crippen molar-refractivity contribution in [2.75, 3.05) is 26.4 Å². The first-order valence-electron chi connectivity index (χ1n) is 9.17. The number of aliphatic hydroxyl groups is 6. The largest absolute Gasteiger partial charge is 0.480 e. The molecule has 0 aromatic rings. The van der Waals surface area contributed by atoms with Crippen LogP contribution in [0.2, 0.25) is 0 Å². The van der Waals surface area contributed by atoms with Crippen molar-refractivity contribution < 1.29 is 74.1 Å². The van der Waals surface area contributed by atoms with E-state index in [0.717, 1.165) is 0 Å². The third kappa shape index (κ3) is 6.50. The first-order valence-corrected chi connectivity index (χ1v) is 9.17. The van der Waals surface area contributed by atoms with E-state index in [-0.39, 0.29) is 0 Å². The molecule has 0 aromatic heterocycles. The average molecular weight is 458 g/mol. The Hall–Kier alpha value is -1.50. The molecule has 2 aliphatic heterocycles. The lowest BCUT2D eigenvalue weighted by Gasteiger charge is -2.46. The molecule has 0 saturated carbocycles. The molecule has 0 amide bonds. The van der Waals surface area contributed by atoms with Crippen molar-refractivity contribution in [2.24, 2.45) is 0 Å². The first kappa shape index (κ1) is 25.8. The monoisotopic (exact) mass is 458 g/mol. The van der Waals surface area contributed by atoms with Crippen molar-refractivity contribution in [1.82, 2.24) is 0 Å². The van der Waals surface area contributed by atoms with Gasteiger partial charge in [0.15, 0.2) is 12.6 Å². The van der Waals surface area contributed by atoms with Gasteiger partial charge < -0.3 is 64.5 Å². The molecule has 0 aliphatic carbocycles. The summed E-state index contributed by atoms with van der Waals surface area (Å²) in [6.45, 7) is -2.88. The Kier molecular flexibility index (Phi) is 9.46. The smallest absolute Gasteiger partial charge is 0.329 e. The van der Waals surface area contributed by atoms with E-state index < -0.39 is 99.8 Å². The Bertz CT molecular complexity index is 602. The van der Waals surface area contributed by atoms with Crippen LogP contribution in [0.25, 0.3) is 0 Å². The Morgan fingerprint density at radius 3 is 2.00 bits per heavy atom. The number of carboxylic acids is 2. The van der Waals surface area contributed by atoms with Gasteiger partial charge in [0.1, 0.15) is 62.0 Å². The third-order valence-electron chi connectivity index (χ3n) is 4.68. The predicted molar refractivity (Wildman–Crippen MR) is 91.4 cm³/mol. The van der Waals surface area contributed by atoms with Gasteiger partial charge in [-0.1, -0.05) is 0 Å². The lowest BCUT2D eigenvalue weighted by Crippen LogP contribution is -2.65. The van der Waals surface area contributed by atoms with Gasteiger partial charge in [-0.05, 0) is 0 Å². The predicted octanol–water partition coefficient (Wildman–Crippen LogP) is -5.18. The molecule has 8 N–H and O–H groups in total. The molecule has 2 saturated heterocycles. The Balaban J connectivity index is 2.11. The van der Waals surface area contributed by atoms with Crippen LogP contribution in [0.15, 0.2) is 0 Å². The number of hydrogen-bond acceptors (Lipinski definition) is 13. The summed E-state index contributed by atoms with van der Waals surface area (Å²) in [6.07, 6.45) is -16.4. The summed E-state index contributed by atoms with van der Waals surface area (Å²) in [5, 5.41) is 77.4. The summed E-state index contributed by atoms with van der Waals surface area (Å²) in [7, 11) is 0. The fourth-order valence-electron chi connectivity index (χ4n) is 3.16. The van der Waals surface area contributed by atoms with Gasteiger partial charge in [-0.2, -0.15) is 0 Å². The number of ether oxygens (including phenoxy) is 5. The summed E-state index contributed by atoms with van der Waals surface area (Å²) < 4.78 is 25.5. The van der Waals surface area contributed by atoms with E-state index >= 15 is 0 Å². The second-order valence-electron chi connectivity index (χ2n) is 6.93. The standard InChI is InChI=1S/C16H26O15/c17-1-5-13(12(25)14(15(26)29-5)28-4-8(20)21)31-16-11(24)10(23)9(22)6(30-16)2-27-3-7(18)19/h5-6,9-17,22-26H,1-4H2,(H,18,19)(H,20,21). The molecular weight excluding hydrogens is 432 g/mol. The minimum atomic E-state index is -1.84. The number of aliphatic hydroxyl groups excluding tert-OH is 6. The van der Waals surface area contributed by atoms with Crippen LogP contribution in [0.1, 0.15) is 0 Å². The van der Waals surface area contributed by atoms with E-state index in [0.29, 0.717) is 0 Å². The van der Waals surface area contributed by atoms with Crippen LogP contribution < -0.4 is 0 Å². The molecule has 2 rings (SSSR count). The molecule has 2 heterocycles. The van der Waals surface area contributed by atoms with Crippen molar-refractivity contribution >= 4 is 11.9 Å². The number of carboxylic acid groups (broad SMARTS) is 2. The van der Waals surface area contributed by atoms with Crippen LogP contribution in [0, 0.1) is 0 Å². The minimum Gasteiger partial charge on any atom is -0.480 e. The van der Waals surface area contributed by atoms with Crippen molar-refractivity contribution in [3.05, 3.63) is 0 Å². The van der Waals surface area contributed by atoms with Crippen molar-refractivity contribution in [3.63, 3.8) is 0 Å². The fourth-order valence-corrected chi connectivity index (χ4v) is 3.16. The second kappa shape index (κ2) is 11.4. The molecule has 15 heteroatoms. The highest BCUT2D eigenvalue weighted by Gasteiger charge is 2.51. The van der Waals surface area contributed by atoms with Crippen molar-refractivity contribution in [2.45, 2.75) is 61.4 Å². The number of rotatable bonds is 10. The third-order valence-corrected chi connectivity index (χ3v) is 4.68. The van der Waals surface area contributed by atoms with Crippen molar-refractivity contribution in [1.29, 1.82) is 0 Å². The molecule has 0 aromatic carbocycles. The number of aliphatic carboxylic acids is 2. The van der Waals surface area contributed by atoms with Gasteiger partial charge in [-0.25, -0.2) is 9.59 Å². The van der Waals surface area contributed by atoms with E-state index in [1.807, 2.05) is 0 Å². The van der Waals surface area contributed by atoms with Crippen LogP contribution >= 0.6 is 0 Å². The number of hydrogen-bond donors (Lipinski definition) is 8. The molecule has 0 bridgehead atoms. The van der Waals surface area contributed by atoms with E-state index in [1.54, 1.807) is 0 Å². The van der Waals surface area contributed by atoms with Gasteiger partial charge in [0.2, 0.25) is 0 Å². The van der Waals surface area contributed by atoms with Gasteiger partial charge >= 0.3 is 11.9 Å². The zero-order valence-electron chi connectivity index (χ0n) is 16.0. The van der Waals surface area contributed by atoms with Gasteiger partial charge in [0.05, 0.1) is 13.2 Å². The van der Waals surface area contributed by atoms with E-state index in [1.165, 1.54) is 0 Å². The van der Waals surface area contributed by atoms with Crippen LogP contribution in [-0.2, 0) is 33.3 Å². The zero-order valence-corrected chi connectivity index (χ0v) is 16.0. The molecule has 180 valence electrons. The molecule has 0 spiro atoms. The molecule has 10 unspecified atom stereocenters. The van der Waals surface area contributed by atoms with Gasteiger partial charge in [-0.3, -0.25) is 0 Å². The summed E-state index contributed by atoms with van der Waals surface area (Å²) in [5.74, 6) is -2.69. The molecule has 15 nitrogen and oxygen atoms in total. The summed E-state index contributed by atoms with van der Waals surface area (Å²) in [6, 6.07) is 0. The van der Waals surface area contributed by atoms with Gasteiger partial charge in [0.25, 0.3) is 0 Å². The SMILES string of the molecule is O=C(O)COCC1OC(OC2C(CO)OC(O)C(OCC(=O)O)C2O)C(O)C(O)C1O. The highest BCUT2D eigenvalue weighted by atomic mass is 16.7. The maximum Gasteiger partial charge on any atom is 0.329 e. The summed E-state index contributed by atoms with van der Waals surface area (Å²) >= 11 is 0. The van der Waals surface area contributed by atoms with E-state index in [2.05, 4.69) is 0 Å². The zero-order chi connectivity index (χ0) is 23.3. The van der Waals surface area contributed by atoms with Crippen LogP contribution in [0.5, 0.6) is 0 Å². The molecule has 0 radical (unpaired) electrons. The first-order chi connectivity index (χ1) is 14.6. The highest BCUT2D eigenvalue weighted by Crippen LogP contribution is 2.29. The van der Waals surface area contributed by atoms with E-state index in [4.69, 9.17) is 33.9 Å². The average Bonchev–Trinajstić information content (AvgIpc) is 2.70. The van der Waals surface area contributed by atoms with Crippen LogP contribution in [-0.4, -0.2) is 141 Å². The number of carbonyl (C=O) groups is 2. The van der Waals surface area contributed by atoms with E-state index in [9.17, 15) is 40.2 Å². The lowest BCUT2D eigenvalue weighted by molar-refractivity contribution is -0.358. The quantitative estimate of drug-likeness (QED) is 0.152. The second-order valence-corrected chi connectivity index (χ2v) is 6.93. The summed E-state index contributed by atoms with van der Waals surface area (Å²) in [4.78, 5) is 21.2. The van der Waals surface area contributed by atoms with Crippen LogP contribution in [0.3, 0.4) is 0 Å². The Morgan fingerprint density at radius 1 is 0.774 bits per heavy atom. The minimum absolute atomic E-state index is 0.493. The normalized spacial score (nSPS) is 41.1. The van der Waals surface area contributed by atoms with Crippen molar-refractivity contribution in [3.8, 4) is 0 Å². The topological polar surface area (TPSA) is 242 Å². The van der Waals surface area contributed by atoms with Gasteiger partial charge in [-0.15, -0.1) is 0 Å². The fraction of sp³-hybridized carbons (Fsp3) is 0.875. The maximum atomic E-state index is 10.7. The Morgan fingerprint density at radius 2 is 1.42 bits per heavy atom. The van der Waals surface area contributed by atoms with Gasteiger partial charge in [0, 0.05) is 0 Å². The molecule has 10 atom stereocenters. The summed E-state index contributed by atoms with van der Waals surface area (Å²) in [5.41, 5.74) is 0. The molecular formula is C16H26O15. The highest BCUT2D eigenvalue weighted by molar-refractivity contribution is 5.68. The Labute approximate surface area is 174 Å². The maximum absolute atomic E-state index is 10.7. The molecule has 2 fully saturated rings. The molecule has 2 aliphatic rings. The lowest BCUT2D eigenvalue weighted by atomic mass is 9.97. The molecule has 31 heavy (non-hydrogen) atoms. The van der Waals surface area contributed by atoms with Crippen LogP contribution in [0.4, 0.5) is 0 Å².